The van der Waals surface area contributed by atoms with E-state index < -0.39 is 0 Å². The van der Waals surface area contributed by atoms with Crippen LogP contribution in [0.25, 0.3) is 0 Å². The van der Waals surface area contributed by atoms with E-state index in [-0.39, 0.29) is 11.9 Å². The van der Waals surface area contributed by atoms with Crippen LogP contribution in [-0.4, -0.2) is 74.3 Å². The number of nitrogens with one attached hydrogen (secondary N) is 1. The van der Waals surface area contributed by atoms with Crippen molar-refractivity contribution < 1.29 is 14.3 Å². The molecule has 26 heavy (non-hydrogen) atoms. The van der Waals surface area contributed by atoms with E-state index in [1.807, 2.05) is 17.0 Å². The van der Waals surface area contributed by atoms with Crippen LogP contribution in [0, 0.1) is 0 Å². The summed E-state index contributed by atoms with van der Waals surface area (Å²) in [7, 11) is 0. The number of nitrogens with zero attached hydrogens (tertiary/aromatic N) is 2. The fourth-order valence-corrected chi connectivity index (χ4v) is 3.40. The average molecular weight is 361 g/mol. The number of carbonyl (C=O) groups excluding carboxylic acids is 1. The molecule has 2 heterocycles. The zero-order chi connectivity index (χ0) is 18.2. The second-order valence-electron chi connectivity index (χ2n) is 7.07. The molecule has 3 rings (SSSR count). The van der Waals surface area contributed by atoms with Crippen LogP contribution in [0.5, 0.6) is 5.75 Å². The number of morpholine rings is 1. The minimum absolute atomic E-state index is 0.239. The number of rotatable bonds is 9. The van der Waals surface area contributed by atoms with Gasteiger partial charge in [0.05, 0.1) is 19.8 Å². The van der Waals surface area contributed by atoms with Crippen LogP contribution in [0.15, 0.2) is 24.3 Å². The van der Waals surface area contributed by atoms with Gasteiger partial charge in [0.1, 0.15) is 5.75 Å². The topological polar surface area (TPSA) is 54.0 Å². The van der Waals surface area contributed by atoms with Gasteiger partial charge in [-0.2, -0.15) is 0 Å². The highest BCUT2D eigenvalue weighted by Gasteiger charge is 2.29. The minimum Gasteiger partial charge on any atom is -0.494 e. The minimum atomic E-state index is 0.239. The maximum Gasteiger partial charge on any atom is 0.224 e. The Balaban J connectivity index is 1.38. The second-order valence-corrected chi connectivity index (χ2v) is 7.07. The molecule has 6 heteroatoms. The first-order valence-corrected chi connectivity index (χ1v) is 9.77. The molecule has 0 bridgehead atoms. The highest BCUT2D eigenvalue weighted by molar-refractivity contribution is 5.79. The molecule has 0 spiro atoms. The molecule has 2 fully saturated rings. The van der Waals surface area contributed by atoms with E-state index in [9.17, 15) is 4.79 Å². The Morgan fingerprint density at radius 2 is 1.96 bits per heavy atom. The van der Waals surface area contributed by atoms with Crippen molar-refractivity contribution in [3.63, 3.8) is 0 Å². The van der Waals surface area contributed by atoms with Crippen molar-refractivity contribution in [2.75, 3.05) is 52.5 Å². The van der Waals surface area contributed by atoms with E-state index >= 15 is 0 Å². The van der Waals surface area contributed by atoms with Gasteiger partial charge >= 0.3 is 0 Å². The maximum absolute atomic E-state index is 12.2. The molecular formula is C20H31N3O3. The molecule has 2 saturated heterocycles. The summed E-state index contributed by atoms with van der Waals surface area (Å²) in [4.78, 5) is 16.6. The number of hydrogen-bond donors (Lipinski definition) is 1. The monoisotopic (exact) mass is 361 g/mol. The predicted octanol–water partition coefficient (Wildman–Crippen LogP) is 1.50. The van der Waals surface area contributed by atoms with Crippen molar-refractivity contribution in [2.45, 2.75) is 32.4 Å². The van der Waals surface area contributed by atoms with Gasteiger partial charge in [-0.15, -0.1) is 0 Å². The summed E-state index contributed by atoms with van der Waals surface area (Å²) >= 11 is 0. The van der Waals surface area contributed by atoms with Crippen molar-refractivity contribution in [1.29, 1.82) is 0 Å². The Hall–Kier alpha value is -1.63. The molecule has 2 aliphatic heterocycles. The number of ether oxygens (including phenoxy) is 2. The summed E-state index contributed by atoms with van der Waals surface area (Å²) in [5, 5.41) is 3.52. The molecule has 1 aromatic carbocycles. The molecular weight excluding hydrogens is 330 g/mol. The van der Waals surface area contributed by atoms with Gasteiger partial charge in [0.25, 0.3) is 0 Å². The van der Waals surface area contributed by atoms with Crippen LogP contribution >= 0.6 is 0 Å². The van der Waals surface area contributed by atoms with E-state index in [1.54, 1.807) is 0 Å². The Morgan fingerprint density at radius 3 is 2.69 bits per heavy atom. The number of carbonyl (C=O) groups is 1. The van der Waals surface area contributed by atoms with Crippen LogP contribution in [-0.2, 0) is 16.1 Å². The van der Waals surface area contributed by atoms with Gasteiger partial charge in [-0.25, -0.2) is 0 Å². The second kappa shape index (κ2) is 9.90. The molecule has 1 amide bonds. The molecule has 0 radical (unpaired) electrons. The fraction of sp³-hybridized carbons (Fsp3) is 0.650. The number of benzene rings is 1. The lowest BCUT2D eigenvalue weighted by Gasteiger charge is -2.28. The number of amides is 1. The third kappa shape index (κ3) is 5.69. The molecule has 2 aliphatic rings. The van der Waals surface area contributed by atoms with Crippen molar-refractivity contribution in [3.8, 4) is 5.75 Å². The van der Waals surface area contributed by atoms with Gasteiger partial charge < -0.3 is 19.7 Å². The summed E-state index contributed by atoms with van der Waals surface area (Å²) in [5.41, 5.74) is 1.22. The Morgan fingerprint density at radius 1 is 1.19 bits per heavy atom. The summed E-state index contributed by atoms with van der Waals surface area (Å²) in [6.07, 6.45) is 1.61. The van der Waals surface area contributed by atoms with Crippen LogP contribution in [0.3, 0.4) is 0 Å². The first-order chi connectivity index (χ1) is 12.7. The number of likely N-dealkylation sites (tertiary alicyclic amines) is 1. The smallest absolute Gasteiger partial charge is 0.224 e. The third-order valence-corrected chi connectivity index (χ3v) is 5.00. The standard InChI is InChI=1S/C20H31N3O3/c1-2-11-26-19-5-3-17(4-6-19)15-21-18-14-20(24)23(16-18)8-7-22-9-12-25-13-10-22/h3-6,18,21H,2,7-16H2,1H3. The SMILES string of the molecule is CCCOc1ccc(CNC2CC(=O)N(CCN3CCOCC3)C2)cc1. The van der Waals surface area contributed by atoms with E-state index in [0.717, 1.165) is 71.3 Å². The van der Waals surface area contributed by atoms with Crippen LogP contribution in [0.2, 0.25) is 0 Å². The lowest BCUT2D eigenvalue weighted by Crippen LogP contribution is -2.42. The van der Waals surface area contributed by atoms with Crippen molar-refractivity contribution in [2.24, 2.45) is 0 Å². The van der Waals surface area contributed by atoms with Crippen molar-refractivity contribution in [1.82, 2.24) is 15.1 Å². The van der Waals surface area contributed by atoms with Gasteiger partial charge in [-0.05, 0) is 24.1 Å². The first-order valence-electron chi connectivity index (χ1n) is 9.77. The molecule has 0 saturated carbocycles. The lowest BCUT2D eigenvalue weighted by atomic mass is 10.2. The zero-order valence-electron chi connectivity index (χ0n) is 15.8. The van der Waals surface area contributed by atoms with Gasteiger partial charge in [0, 0.05) is 51.7 Å². The molecule has 1 atom stereocenters. The van der Waals surface area contributed by atoms with E-state index in [1.165, 1.54) is 5.56 Å². The number of hydrogen-bond acceptors (Lipinski definition) is 5. The Kier molecular flexibility index (Phi) is 7.29. The molecule has 0 aliphatic carbocycles. The summed E-state index contributed by atoms with van der Waals surface area (Å²) < 4.78 is 11.0. The summed E-state index contributed by atoms with van der Waals surface area (Å²) in [6.45, 7) is 9.77. The van der Waals surface area contributed by atoms with Gasteiger partial charge in [0.15, 0.2) is 0 Å². The normalized spacial score (nSPS) is 21.3. The van der Waals surface area contributed by atoms with E-state index in [2.05, 4.69) is 29.3 Å². The van der Waals surface area contributed by atoms with Gasteiger partial charge in [-0.1, -0.05) is 19.1 Å². The van der Waals surface area contributed by atoms with Crippen LogP contribution < -0.4 is 10.1 Å². The van der Waals surface area contributed by atoms with Crippen molar-refractivity contribution in [3.05, 3.63) is 29.8 Å². The highest BCUT2D eigenvalue weighted by atomic mass is 16.5. The quantitative estimate of drug-likeness (QED) is 0.722. The molecule has 6 nitrogen and oxygen atoms in total. The fourth-order valence-electron chi connectivity index (χ4n) is 3.40. The van der Waals surface area contributed by atoms with Gasteiger partial charge in [-0.3, -0.25) is 9.69 Å². The van der Waals surface area contributed by atoms with Crippen LogP contribution in [0.4, 0.5) is 0 Å². The van der Waals surface area contributed by atoms with Crippen LogP contribution in [0.1, 0.15) is 25.3 Å². The zero-order valence-corrected chi connectivity index (χ0v) is 15.8. The Bertz CT molecular complexity index is 558. The average Bonchev–Trinajstić information content (AvgIpc) is 3.04. The van der Waals surface area contributed by atoms with E-state index in [0.29, 0.717) is 6.42 Å². The molecule has 1 aromatic rings. The van der Waals surface area contributed by atoms with Gasteiger partial charge in [0.2, 0.25) is 5.91 Å². The highest BCUT2D eigenvalue weighted by Crippen LogP contribution is 2.15. The summed E-state index contributed by atoms with van der Waals surface area (Å²) in [6, 6.07) is 8.45. The van der Waals surface area contributed by atoms with E-state index in [4.69, 9.17) is 9.47 Å². The predicted molar refractivity (Wildman–Crippen MR) is 101 cm³/mol. The lowest BCUT2D eigenvalue weighted by molar-refractivity contribution is -0.128. The third-order valence-electron chi connectivity index (χ3n) is 5.00. The molecule has 1 unspecified atom stereocenters. The summed E-state index contributed by atoms with van der Waals surface area (Å²) in [5.74, 6) is 1.18. The molecule has 144 valence electrons. The van der Waals surface area contributed by atoms with Crippen molar-refractivity contribution >= 4 is 5.91 Å². The molecule has 0 aromatic heterocycles. The maximum atomic E-state index is 12.2. The Labute approximate surface area is 156 Å². The largest absolute Gasteiger partial charge is 0.494 e. The molecule has 1 N–H and O–H groups in total. The first kappa shape index (κ1) is 19.1.